The summed E-state index contributed by atoms with van der Waals surface area (Å²) in [7, 11) is 1.65. The molecular weight excluding hydrogens is 314 g/mol. The summed E-state index contributed by atoms with van der Waals surface area (Å²) in [6.45, 7) is 0.672. The van der Waals surface area contributed by atoms with Gasteiger partial charge in [-0.2, -0.15) is 0 Å². The lowest BCUT2D eigenvalue weighted by Gasteiger charge is -2.11. The zero-order valence-corrected chi connectivity index (χ0v) is 12.3. The first kappa shape index (κ1) is 13.2. The first-order valence-electron chi connectivity index (χ1n) is 5.51. The van der Waals surface area contributed by atoms with E-state index in [9.17, 15) is 0 Å². The van der Waals surface area contributed by atoms with Crippen molar-refractivity contribution in [2.45, 2.75) is 6.54 Å². The highest BCUT2D eigenvalue weighted by Gasteiger charge is 2.03. The molecule has 0 heterocycles. The van der Waals surface area contributed by atoms with E-state index in [0.29, 0.717) is 6.54 Å². The fourth-order valence-corrected chi connectivity index (χ4v) is 2.19. The summed E-state index contributed by atoms with van der Waals surface area (Å²) in [6.07, 6.45) is 0. The molecule has 0 bridgehead atoms. The lowest BCUT2D eigenvalue weighted by molar-refractivity contribution is 0.415. The zero-order valence-electron chi connectivity index (χ0n) is 9.91. The topological polar surface area (TPSA) is 21.3 Å². The van der Waals surface area contributed by atoms with Gasteiger partial charge < -0.3 is 10.1 Å². The van der Waals surface area contributed by atoms with Gasteiger partial charge in [0, 0.05) is 22.1 Å². The third-order valence-electron chi connectivity index (χ3n) is 2.60. The number of ether oxygens (including phenoxy) is 1. The minimum Gasteiger partial charge on any atom is -0.497 e. The van der Waals surface area contributed by atoms with Crippen LogP contribution in [0.1, 0.15) is 5.56 Å². The Morgan fingerprint density at radius 3 is 2.72 bits per heavy atom. The van der Waals surface area contributed by atoms with Crippen LogP contribution in [0.15, 0.2) is 46.9 Å². The molecule has 2 rings (SSSR count). The van der Waals surface area contributed by atoms with Crippen molar-refractivity contribution >= 4 is 33.2 Å². The van der Waals surface area contributed by atoms with Crippen LogP contribution >= 0.6 is 27.5 Å². The Hall–Kier alpha value is -1.19. The van der Waals surface area contributed by atoms with Crippen LogP contribution in [0.4, 0.5) is 5.69 Å². The molecule has 0 saturated heterocycles. The van der Waals surface area contributed by atoms with Gasteiger partial charge in [-0.1, -0.05) is 29.8 Å². The van der Waals surface area contributed by atoms with Crippen molar-refractivity contribution in [3.05, 3.63) is 57.5 Å². The van der Waals surface area contributed by atoms with E-state index < -0.39 is 0 Å². The highest BCUT2D eigenvalue weighted by Crippen LogP contribution is 2.28. The molecule has 0 unspecified atom stereocenters. The molecular formula is C14H13BrClNO. The summed E-state index contributed by atoms with van der Waals surface area (Å²) in [6, 6.07) is 13.6. The van der Waals surface area contributed by atoms with Crippen LogP contribution in [-0.4, -0.2) is 7.11 Å². The highest BCUT2D eigenvalue weighted by molar-refractivity contribution is 9.10. The Morgan fingerprint density at radius 2 is 2.00 bits per heavy atom. The predicted octanol–water partition coefficient (Wildman–Crippen LogP) is 4.72. The fraction of sp³-hybridized carbons (Fsp3) is 0.143. The number of hydrogen-bond acceptors (Lipinski definition) is 2. The summed E-state index contributed by atoms with van der Waals surface area (Å²) < 4.78 is 6.19. The van der Waals surface area contributed by atoms with Crippen molar-refractivity contribution in [3.8, 4) is 5.75 Å². The Balaban J connectivity index is 2.13. The molecule has 0 spiro atoms. The molecule has 4 heteroatoms. The van der Waals surface area contributed by atoms with Gasteiger partial charge in [-0.15, -0.1) is 0 Å². The number of nitrogens with one attached hydrogen (secondary N) is 1. The minimum atomic E-state index is 0.672. The average Bonchev–Trinajstić information content (AvgIpc) is 2.39. The van der Waals surface area contributed by atoms with Crippen molar-refractivity contribution < 1.29 is 4.74 Å². The smallest absolute Gasteiger partial charge is 0.121 e. The Morgan fingerprint density at radius 1 is 1.22 bits per heavy atom. The normalized spacial score (nSPS) is 10.2. The average molecular weight is 327 g/mol. The molecule has 0 amide bonds. The number of rotatable bonds is 4. The van der Waals surface area contributed by atoms with Gasteiger partial charge in [0.2, 0.25) is 0 Å². The van der Waals surface area contributed by atoms with E-state index in [2.05, 4.69) is 21.2 Å². The summed E-state index contributed by atoms with van der Waals surface area (Å²) in [5, 5.41) is 4.10. The van der Waals surface area contributed by atoms with Gasteiger partial charge in [0.25, 0.3) is 0 Å². The van der Waals surface area contributed by atoms with E-state index >= 15 is 0 Å². The first-order chi connectivity index (χ1) is 8.70. The molecule has 1 N–H and O–H groups in total. The molecule has 0 aliphatic carbocycles. The maximum absolute atomic E-state index is 6.11. The fourth-order valence-electron chi connectivity index (χ4n) is 1.60. The third-order valence-corrected chi connectivity index (χ3v) is 3.66. The van der Waals surface area contributed by atoms with Crippen LogP contribution in [0, 0.1) is 0 Å². The van der Waals surface area contributed by atoms with Crippen LogP contribution in [0.5, 0.6) is 5.75 Å². The van der Waals surface area contributed by atoms with Gasteiger partial charge in [0.05, 0.1) is 12.8 Å². The molecule has 2 nitrogen and oxygen atoms in total. The molecule has 94 valence electrons. The summed E-state index contributed by atoms with van der Waals surface area (Å²) in [5.41, 5.74) is 2.04. The van der Waals surface area contributed by atoms with Gasteiger partial charge in [-0.3, -0.25) is 0 Å². The molecule has 0 aromatic heterocycles. The van der Waals surface area contributed by atoms with Gasteiger partial charge in [0.15, 0.2) is 0 Å². The number of benzene rings is 2. The Bertz CT molecular complexity index is 545. The predicted molar refractivity (Wildman–Crippen MR) is 79.5 cm³/mol. The molecule has 0 saturated carbocycles. The number of halogens is 2. The largest absolute Gasteiger partial charge is 0.497 e. The summed E-state index contributed by atoms with van der Waals surface area (Å²) in [5.74, 6) is 0.819. The van der Waals surface area contributed by atoms with Crippen LogP contribution in [-0.2, 0) is 6.54 Å². The highest BCUT2D eigenvalue weighted by atomic mass is 79.9. The minimum absolute atomic E-state index is 0.672. The lowest BCUT2D eigenvalue weighted by atomic mass is 10.2. The van der Waals surface area contributed by atoms with Crippen molar-refractivity contribution in [3.63, 3.8) is 0 Å². The van der Waals surface area contributed by atoms with Crippen LogP contribution in [0.25, 0.3) is 0 Å². The standard InChI is InChI=1S/C14H13BrClNO/c1-18-11-6-7-12(15)14(8-11)17-9-10-4-2-3-5-13(10)16/h2-8,17H,9H2,1H3. The molecule has 0 radical (unpaired) electrons. The maximum Gasteiger partial charge on any atom is 0.121 e. The van der Waals surface area contributed by atoms with Crippen molar-refractivity contribution in [2.75, 3.05) is 12.4 Å². The second kappa shape index (κ2) is 6.12. The monoisotopic (exact) mass is 325 g/mol. The van der Waals surface area contributed by atoms with E-state index in [0.717, 1.165) is 26.5 Å². The molecule has 0 atom stereocenters. The summed E-state index contributed by atoms with van der Waals surface area (Å²) in [4.78, 5) is 0. The molecule has 0 aliphatic heterocycles. The van der Waals surface area contributed by atoms with E-state index in [1.165, 1.54) is 0 Å². The van der Waals surface area contributed by atoms with Crippen LogP contribution < -0.4 is 10.1 Å². The number of anilines is 1. The SMILES string of the molecule is COc1ccc(Br)c(NCc2ccccc2Cl)c1. The van der Waals surface area contributed by atoms with Gasteiger partial charge in [0.1, 0.15) is 5.75 Å². The number of methoxy groups -OCH3 is 1. The Labute approximate surface area is 120 Å². The first-order valence-corrected chi connectivity index (χ1v) is 6.68. The summed E-state index contributed by atoms with van der Waals surface area (Å²) >= 11 is 9.61. The molecule has 18 heavy (non-hydrogen) atoms. The second-order valence-corrected chi connectivity index (χ2v) is 5.05. The van der Waals surface area contributed by atoms with Crippen molar-refractivity contribution in [1.82, 2.24) is 0 Å². The van der Waals surface area contributed by atoms with E-state index in [1.54, 1.807) is 7.11 Å². The van der Waals surface area contributed by atoms with Crippen LogP contribution in [0.3, 0.4) is 0 Å². The van der Waals surface area contributed by atoms with Gasteiger partial charge in [-0.25, -0.2) is 0 Å². The molecule has 2 aromatic rings. The second-order valence-electron chi connectivity index (χ2n) is 3.79. The Kier molecular flexibility index (Phi) is 4.50. The quantitative estimate of drug-likeness (QED) is 0.877. The van der Waals surface area contributed by atoms with Crippen LogP contribution in [0.2, 0.25) is 5.02 Å². The molecule has 0 fully saturated rings. The zero-order chi connectivity index (χ0) is 13.0. The molecule has 2 aromatic carbocycles. The van der Waals surface area contributed by atoms with Crippen molar-refractivity contribution in [2.24, 2.45) is 0 Å². The lowest BCUT2D eigenvalue weighted by Crippen LogP contribution is -2.01. The van der Waals surface area contributed by atoms with E-state index in [4.69, 9.17) is 16.3 Å². The van der Waals surface area contributed by atoms with Gasteiger partial charge >= 0.3 is 0 Å². The third kappa shape index (κ3) is 3.18. The number of hydrogen-bond donors (Lipinski definition) is 1. The molecule has 0 aliphatic rings. The van der Waals surface area contributed by atoms with Crippen molar-refractivity contribution in [1.29, 1.82) is 0 Å². The van der Waals surface area contributed by atoms with Gasteiger partial charge in [-0.05, 0) is 39.7 Å². The maximum atomic E-state index is 6.11. The van der Waals surface area contributed by atoms with E-state index in [-0.39, 0.29) is 0 Å². The van der Waals surface area contributed by atoms with E-state index in [1.807, 2.05) is 42.5 Å².